The van der Waals surface area contributed by atoms with Gasteiger partial charge in [-0.1, -0.05) is 6.92 Å². The Kier molecular flexibility index (Phi) is 5.14. The molecule has 0 radical (unpaired) electrons. The van der Waals surface area contributed by atoms with E-state index in [9.17, 15) is 0 Å². The van der Waals surface area contributed by atoms with Crippen LogP contribution in [0.5, 0.6) is 0 Å². The first kappa shape index (κ1) is 11.3. The van der Waals surface area contributed by atoms with E-state index in [2.05, 4.69) is 19.6 Å². The van der Waals surface area contributed by atoms with E-state index < -0.39 is 0 Å². The van der Waals surface area contributed by atoms with Crippen molar-refractivity contribution in [2.24, 2.45) is 5.92 Å². The molecule has 13 heavy (non-hydrogen) atoms. The molecule has 0 fully saturated rings. The number of hydrogen-bond donors (Lipinski definition) is 1. The lowest BCUT2D eigenvalue weighted by Gasteiger charge is -2.05. The summed E-state index contributed by atoms with van der Waals surface area (Å²) in [5, 5.41) is 0.470. The average molecular weight is 237 g/mol. The van der Waals surface area contributed by atoms with Crippen LogP contribution in [0.3, 0.4) is 0 Å². The van der Waals surface area contributed by atoms with E-state index in [4.69, 9.17) is 16.0 Å². The second-order valence-electron chi connectivity index (χ2n) is 3.01. The van der Waals surface area contributed by atoms with E-state index in [1.54, 1.807) is 6.07 Å². The molecule has 0 saturated heterocycles. The maximum atomic E-state index is 5.64. The van der Waals surface area contributed by atoms with Crippen LogP contribution in [0.4, 0.5) is 0 Å². The van der Waals surface area contributed by atoms with Crippen molar-refractivity contribution in [2.45, 2.75) is 12.7 Å². The van der Waals surface area contributed by atoms with Crippen molar-refractivity contribution in [2.75, 3.05) is 11.5 Å². The van der Waals surface area contributed by atoms with Gasteiger partial charge < -0.3 is 4.42 Å². The molecule has 0 aliphatic heterocycles. The Hall–Kier alpha value is 0.270. The molecule has 0 saturated carbocycles. The Morgan fingerprint density at radius 3 is 2.92 bits per heavy atom. The second kappa shape index (κ2) is 5.89. The summed E-state index contributed by atoms with van der Waals surface area (Å²) in [6.07, 6.45) is 0. The third-order valence-electron chi connectivity index (χ3n) is 1.59. The smallest absolute Gasteiger partial charge is 0.193 e. The molecule has 0 amide bonds. The van der Waals surface area contributed by atoms with Gasteiger partial charge in [0.2, 0.25) is 0 Å². The fourth-order valence-electron chi connectivity index (χ4n) is 0.843. The maximum absolute atomic E-state index is 5.64. The van der Waals surface area contributed by atoms with Gasteiger partial charge in [-0.25, -0.2) is 0 Å². The van der Waals surface area contributed by atoms with Gasteiger partial charge in [0.15, 0.2) is 5.22 Å². The molecule has 1 heterocycles. The van der Waals surface area contributed by atoms with Gasteiger partial charge in [-0.15, -0.1) is 0 Å². The number of thiol groups is 1. The molecule has 0 bridgehead atoms. The Bertz CT molecular complexity index is 250. The number of rotatable bonds is 5. The van der Waals surface area contributed by atoms with Crippen LogP contribution in [-0.4, -0.2) is 11.5 Å². The monoisotopic (exact) mass is 236 g/mol. The molecule has 74 valence electrons. The van der Waals surface area contributed by atoms with E-state index >= 15 is 0 Å². The van der Waals surface area contributed by atoms with E-state index in [0.29, 0.717) is 11.1 Å². The molecule has 0 aliphatic carbocycles. The highest BCUT2D eigenvalue weighted by Crippen LogP contribution is 2.20. The van der Waals surface area contributed by atoms with Crippen LogP contribution in [-0.2, 0) is 5.75 Å². The highest BCUT2D eigenvalue weighted by molar-refractivity contribution is 7.98. The van der Waals surface area contributed by atoms with Crippen LogP contribution in [0.2, 0.25) is 5.22 Å². The molecule has 1 aromatic heterocycles. The number of thioether (sulfide) groups is 1. The summed E-state index contributed by atoms with van der Waals surface area (Å²) >= 11 is 11.7. The molecule has 1 unspecified atom stereocenters. The van der Waals surface area contributed by atoms with Crippen molar-refractivity contribution in [3.8, 4) is 0 Å². The molecule has 0 aromatic carbocycles. The number of halogens is 1. The van der Waals surface area contributed by atoms with Crippen molar-refractivity contribution in [1.29, 1.82) is 0 Å². The zero-order chi connectivity index (χ0) is 9.68. The van der Waals surface area contributed by atoms with Crippen LogP contribution < -0.4 is 0 Å². The van der Waals surface area contributed by atoms with Crippen LogP contribution >= 0.6 is 36.0 Å². The van der Waals surface area contributed by atoms with Gasteiger partial charge in [0.25, 0.3) is 0 Å². The summed E-state index contributed by atoms with van der Waals surface area (Å²) in [6, 6.07) is 3.69. The van der Waals surface area contributed by atoms with Crippen molar-refractivity contribution in [3.63, 3.8) is 0 Å². The van der Waals surface area contributed by atoms with E-state index in [1.807, 2.05) is 17.8 Å². The summed E-state index contributed by atoms with van der Waals surface area (Å²) in [6.45, 7) is 2.19. The van der Waals surface area contributed by atoms with Gasteiger partial charge in [0.1, 0.15) is 5.76 Å². The molecule has 0 N–H and O–H groups in total. The Labute approximate surface area is 93.6 Å². The maximum Gasteiger partial charge on any atom is 0.193 e. The number of hydrogen-bond acceptors (Lipinski definition) is 3. The van der Waals surface area contributed by atoms with Crippen molar-refractivity contribution in [3.05, 3.63) is 23.1 Å². The molecule has 0 spiro atoms. The predicted octanol–water partition coefficient (Wildman–Crippen LogP) is 3.73. The van der Waals surface area contributed by atoms with Crippen LogP contribution in [0.15, 0.2) is 16.5 Å². The first-order valence-electron chi connectivity index (χ1n) is 4.15. The molecular weight excluding hydrogens is 224 g/mol. The summed E-state index contributed by atoms with van der Waals surface area (Å²) in [7, 11) is 0. The number of furan rings is 1. The predicted molar refractivity (Wildman–Crippen MR) is 62.9 cm³/mol. The third kappa shape index (κ3) is 4.34. The summed E-state index contributed by atoms with van der Waals surface area (Å²) in [5.41, 5.74) is 0. The summed E-state index contributed by atoms with van der Waals surface area (Å²) in [5.74, 6) is 4.54. The van der Waals surface area contributed by atoms with E-state index in [1.165, 1.54) is 0 Å². The molecule has 1 atom stereocenters. The minimum Gasteiger partial charge on any atom is -0.449 e. The van der Waals surface area contributed by atoms with E-state index in [0.717, 1.165) is 23.0 Å². The minimum absolute atomic E-state index is 0.470. The Balaban J connectivity index is 2.20. The second-order valence-corrected chi connectivity index (χ2v) is 4.78. The molecule has 1 nitrogen and oxygen atoms in total. The fourth-order valence-corrected chi connectivity index (χ4v) is 2.30. The topological polar surface area (TPSA) is 13.1 Å². The van der Waals surface area contributed by atoms with Crippen molar-refractivity contribution < 1.29 is 4.42 Å². The van der Waals surface area contributed by atoms with Crippen LogP contribution in [0, 0.1) is 5.92 Å². The molecule has 4 heteroatoms. The minimum atomic E-state index is 0.470. The first-order chi connectivity index (χ1) is 6.22. The zero-order valence-corrected chi connectivity index (χ0v) is 9.96. The van der Waals surface area contributed by atoms with Gasteiger partial charge in [-0.2, -0.15) is 24.4 Å². The van der Waals surface area contributed by atoms with Gasteiger partial charge in [0.05, 0.1) is 5.75 Å². The largest absolute Gasteiger partial charge is 0.449 e. The summed E-state index contributed by atoms with van der Waals surface area (Å²) in [4.78, 5) is 0. The SMILES string of the molecule is CC(CS)CSCc1ccc(Cl)o1. The molecule has 1 rings (SSSR count). The zero-order valence-electron chi connectivity index (χ0n) is 7.50. The highest BCUT2D eigenvalue weighted by atomic mass is 35.5. The summed E-state index contributed by atoms with van der Waals surface area (Å²) < 4.78 is 5.22. The lowest BCUT2D eigenvalue weighted by Crippen LogP contribution is -1.99. The average Bonchev–Trinajstić information content (AvgIpc) is 2.51. The van der Waals surface area contributed by atoms with Gasteiger partial charge in [-0.3, -0.25) is 0 Å². The molecular formula is C9H13ClOS2. The quantitative estimate of drug-likeness (QED) is 0.783. The fraction of sp³-hybridized carbons (Fsp3) is 0.556. The Morgan fingerprint density at radius 2 is 2.38 bits per heavy atom. The third-order valence-corrected chi connectivity index (χ3v) is 3.71. The van der Waals surface area contributed by atoms with Crippen LogP contribution in [0.25, 0.3) is 0 Å². The van der Waals surface area contributed by atoms with Crippen LogP contribution in [0.1, 0.15) is 12.7 Å². The molecule has 0 aliphatic rings. The lowest BCUT2D eigenvalue weighted by molar-refractivity contribution is 0.532. The van der Waals surface area contributed by atoms with Gasteiger partial charge in [0, 0.05) is 0 Å². The first-order valence-corrected chi connectivity index (χ1v) is 6.31. The highest BCUT2D eigenvalue weighted by Gasteiger charge is 2.02. The standard InChI is InChI=1S/C9H13ClOS2/c1-7(4-12)5-13-6-8-2-3-9(10)11-8/h2-3,7,12H,4-6H2,1H3. The van der Waals surface area contributed by atoms with Gasteiger partial charge >= 0.3 is 0 Å². The van der Waals surface area contributed by atoms with Gasteiger partial charge in [-0.05, 0) is 41.2 Å². The van der Waals surface area contributed by atoms with E-state index in [-0.39, 0.29) is 0 Å². The van der Waals surface area contributed by atoms with Crippen molar-refractivity contribution >= 4 is 36.0 Å². The Morgan fingerprint density at radius 1 is 1.62 bits per heavy atom. The lowest BCUT2D eigenvalue weighted by atomic mass is 10.3. The van der Waals surface area contributed by atoms with Crippen molar-refractivity contribution in [1.82, 2.24) is 0 Å². The molecule has 1 aromatic rings. The normalized spacial score (nSPS) is 13.2.